The molecule has 3 aliphatic rings. The normalized spacial score (nSPS) is 23.1. The quantitative estimate of drug-likeness (QED) is 0.320. The molecule has 226 valence electrons. The molecule has 0 spiro atoms. The number of amides is 2. The Morgan fingerprint density at radius 1 is 1.05 bits per heavy atom. The van der Waals surface area contributed by atoms with Gasteiger partial charge in [-0.15, -0.1) is 0 Å². The van der Waals surface area contributed by atoms with E-state index in [1.165, 1.54) is 6.92 Å². The Balaban J connectivity index is 1.65. The zero-order valence-corrected chi connectivity index (χ0v) is 22.7. The Morgan fingerprint density at radius 3 is 2.17 bits per heavy atom. The van der Waals surface area contributed by atoms with Crippen LogP contribution in [-0.4, -0.2) is 66.8 Å². The number of sulfone groups is 1. The van der Waals surface area contributed by atoms with Gasteiger partial charge in [0.05, 0.1) is 21.8 Å². The molecule has 1 aromatic rings. The molecule has 2 saturated carbocycles. The van der Waals surface area contributed by atoms with E-state index >= 15 is 0 Å². The maximum atomic E-state index is 13.8. The summed E-state index contributed by atoms with van der Waals surface area (Å²) in [4.78, 5) is 50.8. The van der Waals surface area contributed by atoms with Crippen LogP contribution in [0.4, 0.5) is 26.3 Å². The van der Waals surface area contributed by atoms with Crippen molar-refractivity contribution < 1.29 is 53.9 Å². The van der Waals surface area contributed by atoms with Gasteiger partial charge < -0.3 is 10.2 Å². The van der Waals surface area contributed by atoms with Crippen molar-refractivity contribution in [3.8, 4) is 0 Å². The van der Waals surface area contributed by atoms with Gasteiger partial charge in [0.15, 0.2) is 15.6 Å². The minimum atomic E-state index is -5.07. The smallest absolute Gasteiger partial charge is 0.347 e. The number of alkyl halides is 6. The van der Waals surface area contributed by atoms with Crippen molar-refractivity contribution >= 4 is 33.2 Å². The van der Waals surface area contributed by atoms with Crippen LogP contribution in [0.3, 0.4) is 0 Å². The first-order valence-corrected chi connectivity index (χ1v) is 14.6. The van der Waals surface area contributed by atoms with E-state index in [1.807, 2.05) is 0 Å². The molecule has 41 heavy (non-hydrogen) atoms. The molecular weight excluding hydrogens is 582 g/mol. The second-order valence-corrected chi connectivity index (χ2v) is 13.0. The van der Waals surface area contributed by atoms with Crippen LogP contribution in [0, 0.1) is 11.3 Å². The number of ketones is 2. The Kier molecular flexibility index (Phi) is 8.08. The van der Waals surface area contributed by atoms with Crippen molar-refractivity contribution in [2.24, 2.45) is 11.3 Å². The summed E-state index contributed by atoms with van der Waals surface area (Å²) in [5, 5.41) is 0.667. The molecule has 0 bridgehead atoms. The molecular formula is C26H28F6N2O6S. The molecule has 1 aliphatic heterocycles. The number of halogens is 6. The van der Waals surface area contributed by atoms with E-state index in [-0.39, 0.29) is 12.5 Å². The second kappa shape index (κ2) is 10.7. The highest BCUT2D eigenvalue weighted by molar-refractivity contribution is 7.92. The number of hydrogen-bond donors (Lipinski definition) is 1. The molecule has 4 rings (SSSR count). The topological polar surface area (TPSA) is 118 Å². The van der Waals surface area contributed by atoms with Gasteiger partial charge in [0.25, 0.3) is 5.91 Å². The minimum Gasteiger partial charge on any atom is -0.347 e. The van der Waals surface area contributed by atoms with Gasteiger partial charge in [-0.2, -0.15) is 26.3 Å². The minimum absolute atomic E-state index is 0.00347. The summed E-state index contributed by atoms with van der Waals surface area (Å²) in [5.74, 6) is -5.52. The summed E-state index contributed by atoms with van der Waals surface area (Å²) in [6.45, 7) is 0.566. The summed E-state index contributed by atoms with van der Waals surface area (Å²) in [5.41, 5.74) is -4.31. The van der Waals surface area contributed by atoms with Crippen LogP contribution in [-0.2, 0) is 35.2 Å². The van der Waals surface area contributed by atoms with Crippen molar-refractivity contribution in [2.75, 3.05) is 6.54 Å². The van der Waals surface area contributed by atoms with E-state index in [0.29, 0.717) is 29.9 Å². The molecule has 8 nitrogen and oxygen atoms in total. The summed E-state index contributed by atoms with van der Waals surface area (Å²) in [7, 11) is -4.89. The van der Waals surface area contributed by atoms with Crippen molar-refractivity contribution in [1.82, 2.24) is 10.2 Å². The van der Waals surface area contributed by atoms with Crippen molar-refractivity contribution in [3.05, 3.63) is 29.8 Å². The third-order valence-corrected chi connectivity index (χ3v) is 10.2. The van der Waals surface area contributed by atoms with Gasteiger partial charge in [-0.1, -0.05) is 19.1 Å². The van der Waals surface area contributed by atoms with E-state index in [2.05, 4.69) is 5.32 Å². The van der Waals surface area contributed by atoms with Gasteiger partial charge in [0, 0.05) is 24.9 Å². The molecule has 2 aliphatic carbocycles. The zero-order chi connectivity index (χ0) is 30.5. The fourth-order valence-electron chi connectivity index (χ4n) is 5.17. The number of hydrogen-bond acceptors (Lipinski definition) is 6. The number of nitrogens with zero attached hydrogens (tertiary/aromatic N) is 1. The molecule has 1 saturated heterocycles. The number of Topliss-reactive ketones (excluding diaryl/α,β-unsaturated/α-hetero) is 2. The lowest BCUT2D eigenvalue weighted by Gasteiger charge is -2.29. The van der Waals surface area contributed by atoms with Gasteiger partial charge in [-0.05, 0) is 50.7 Å². The summed E-state index contributed by atoms with van der Waals surface area (Å²) >= 11 is 0. The molecule has 0 radical (unpaired) electrons. The Bertz CT molecular complexity index is 1350. The van der Waals surface area contributed by atoms with E-state index < -0.39 is 111 Å². The predicted octanol–water partition coefficient (Wildman–Crippen LogP) is 3.62. The average molecular weight is 611 g/mol. The molecule has 1 aromatic carbocycles. The van der Waals surface area contributed by atoms with Crippen molar-refractivity contribution in [3.63, 3.8) is 0 Å². The fraction of sp³-hybridized carbons (Fsp3) is 0.615. The first-order valence-electron chi connectivity index (χ1n) is 13.1. The molecule has 3 atom stereocenters. The molecule has 15 heteroatoms. The van der Waals surface area contributed by atoms with Crippen LogP contribution in [0.25, 0.3) is 0 Å². The number of benzene rings is 1. The Morgan fingerprint density at radius 2 is 1.66 bits per heavy atom. The lowest BCUT2D eigenvalue weighted by Crippen LogP contribution is -2.49. The van der Waals surface area contributed by atoms with Crippen LogP contribution < -0.4 is 5.32 Å². The maximum absolute atomic E-state index is 13.8. The summed E-state index contributed by atoms with van der Waals surface area (Å²) in [6.07, 6.45) is -11.3. The summed E-state index contributed by atoms with van der Waals surface area (Å²) in [6, 6.07) is 1.37. The number of carbonyl (C=O) groups is 4. The lowest BCUT2D eigenvalue weighted by atomic mass is 9.91. The van der Waals surface area contributed by atoms with E-state index in [1.54, 1.807) is 0 Å². The molecule has 1 heterocycles. The highest BCUT2D eigenvalue weighted by atomic mass is 32.2. The highest BCUT2D eigenvalue weighted by Crippen LogP contribution is 2.59. The summed E-state index contributed by atoms with van der Waals surface area (Å²) < 4.78 is 109. The number of rotatable bonds is 10. The SMILES string of the molecule is CC[C@H](CC(=O)[C@@H]1C[C@@H](S(=O)(=O)c2ccccc2C(F)(F)F)CN1C(=O)C1(C(F)(F)F)CC1)C(=O)C(=O)NC1CC1. The second-order valence-electron chi connectivity index (χ2n) is 10.8. The van der Waals surface area contributed by atoms with Gasteiger partial charge >= 0.3 is 12.4 Å². The van der Waals surface area contributed by atoms with Crippen LogP contribution in [0.1, 0.15) is 57.4 Å². The van der Waals surface area contributed by atoms with Gasteiger partial charge in [0.1, 0.15) is 5.41 Å². The van der Waals surface area contributed by atoms with Crippen LogP contribution in [0.5, 0.6) is 0 Å². The molecule has 3 fully saturated rings. The van der Waals surface area contributed by atoms with Crippen molar-refractivity contribution in [1.29, 1.82) is 0 Å². The van der Waals surface area contributed by atoms with Crippen LogP contribution >= 0.6 is 0 Å². The first-order chi connectivity index (χ1) is 18.9. The van der Waals surface area contributed by atoms with Crippen LogP contribution in [0.2, 0.25) is 0 Å². The number of nitrogens with one attached hydrogen (secondary N) is 1. The average Bonchev–Trinajstić information content (AvgIpc) is 3.82. The van der Waals surface area contributed by atoms with Gasteiger partial charge in [0.2, 0.25) is 11.7 Å². The molecule has 1 N–H and O–H groups in total. The standard InChI is InChI=1S/C26H28F6N2O6S/c1-2-14(21(36)22(37)33-15-7-8-15)11-19(35)18-12-16(13-34(18)23(38)24(9-10-24)26(30,31)32)41(39,40)20-6-4-3-5-17(20)25(27,28)29/h3-6,14-16,18H,2,7-13H2,1H3,(H,33,37)/t14-,16-,18+/m1/s1. The molecule has 0 unspecified atom stereocenters. The highest BCUT2D eigenvalue weighted by Gasteiger charge is 2.70. The first kappa shape index (κ1) is 31.0. The third-order valence-electron chi connectivity index (χ3n) is 7.98. The number of carbonyl (C=O) groups excluding carboxylic acids is 4. The van der Waals surface area contributed by atoms with E-state index in [9.17, 15) is 53.9 Å². The predicted molar refractivity (Wildman–Crippen MR) is 130 cm³/mol. The molecule has 2 amide bonds. The largest absolute Gasteiger partial charge is 0.417 e. The fourth-order valence-corrected chi connectivity index (χ4v) is 7.08. The molecule has 0 aromatic heterocycles. The van der Waals surface area contributed by atoms with Crippen molar-refractivity contribution in [2.45, 2.75) is 86.5 Å². The monoisotopic (exact) mass is 610 g/mol. The van der Waals surface area contributed by atoms with Gasteiger partial charge in [-0.25, -0.2) is 8.42 Å². The maximum Gasteiger partial charge on any atom is 0.417 e. The van der Waals surface area contributed by atoms with Gasteiger partial charge in [-0.3, -0.25) is 19.2 Å². The van der Waals surface area contributed by atoms with Crippen LogP contribution in [0.15, 0.2) is 29.2 Å². The third kappa shape index (κ3) is 6.00. The van der Waals surface area contributed by atoms with E-state index in [4.69, 9.17) is 0 Å². The Labute approximate surface area is 231 Å². The number of likely N-dealkylation sites (tertiary alicyclic amines) is 1. The Hall–Kier alpha value is -2.97. The lowest BCUT2D eigenvalue weighted by molar-refractivity contribution is -0.199. The van der Waals surface area contributed by atoms with E-state index in [0.717, 1.165) is 12.1 Å². The zero-order valence-electron chi connectivity index (χ0n) is 21.8.